The van der Waals surface area contributed by atoms with E-state index in [1.807, 2.05) is 83.9 Å². The molecule has 1 atom stereocenters. The maximum atomic E-state index is 13.4. The first-order valence-electron chi connectivity index (χ1n) is 11.3. The van der Waals surface area contributed by atoms with Gasteiger partial charge in [0.15, 0.2) is 11.5 Å². The summed E-state index contributed by atoms with van der Waals surface area (Å²) in [6.07, 6.45) is 0.839. The average Bonchev–Trinajstić information content (AvgIpc) is 3.51. The number of benzene rings is 2. The number of hydrogen-bond donors (Lipinski definition) is 0. The van der Waals surface area contributed by atoms with Gasteiger partial charge >= 0.3 is 0 Å². The van der Waals surface area contributed by atoms with Crippen molar-refractivity contribution in [3.8, 4) is 23.1 Å². The number of hydrogen-bond acceptors (Lipinski definition) is 5. The molecule has 0 aliphatic carbocycles. The second kappa shape index (κ2) is 10.6. The van der Waals surface area contributed by atoms with Crippen LogP contribution in [0.15, 0.2) is 72.1 Å². The highest BCUT2D eigenvalue weighted by atomic mass is 32.1. The van der Waals surface area contributed by atoms with Crippen LogP contribution in [-0.4, -0.2) is 33.7 Å². The van der Waals surface area contributed by atoms with E-state index in [1.54, 1.807) is 11.8 Å². The molecule has 176 valence electrons. The lowest BCUT2D eigenvalue weighted by molar-refractivity contribution is 0.0675. The topological polar surface area (TPSA) is 56.6 Å². The highest BCUT2D eigenvalue weighted by molar-refractivity contribution is 7.12. The summed E-state index contributed by atoms with van der Waals surface area (Å²) >= 11 is 1.46. The number of rotatable bonds is 9. The normalized spacial score (nSPS) is 11.8. The minimum Gasteiger partial charge on any atom is -0.493 e. The molecule has 2 aromatic heterocycles. The smallest absolute Gasteiger partial charge is 0.264 e. The molecule has 6 nitrogen and oxygen atoms in total. The molecule has 0 unspecified atom stereocenters. The van der Waals surface area contributed by atoms with Gasteiger partial charge < -0.3 is 14.4 Å². The number of methoxy groups -OCH3 is 1. The van der Waals surface area contributed by atoms with Gasteiger partial charge in [-0.2, -0.15) is 5.10 Å². The zero-order valence-corrected chi connectivity index (χ0v) is 20.7. The molecule has 34 heavy (non-hydrogen) atoms. The van der Waals surface area contributed by atoms with Gasteiger partial charge in [-0.1, -0.05) is 43.3 Å². The molecule has 0 fully saturated rings. The van der Waals surface area contributed by atoms with Crippen LogP contribution >= 0.6 is 11.3 Å². The van der Waals surface area contributed by atoms with E-state index >= 15 is 0 Å². The fourth-order valence-electron chi connectivity index (χ4n) is 3.74. The molecule has 1 amide bonds. The van der Waals surface area contributed by atoms with Crippen LogP contribution < -0.4 is 9.47 Å². The van der Waals surface area contributed by atoms with Crippen LogP contribution in [0, 0.1) is 6.92 Å². The van der Waals surface area contributed by atoms with Crippen LogP contribution in [0.3, 0.4) is 0 Å². The highest BCUT2D eigenvalue weighted by Crippen LogP contribution is 2.36. The molecule has 4 aromatic rings. The molecule has 2 heterocycles. The third-order valence-electron chi connectivity index (χ3n) is 5.86. The summed E-state index contributed by atoms with van der Waals surface area (Å²) in [6, 6.07) is 21.2. The van der Waals surface area contributed by atoms with Crippen LogP contribution in [-0.2, 0) is 6.54 Å². The number of carbonyl (C=O) groups excluding carboxylic acids is 1. The Morgan fingerprint density at radius 3 is 2.41 bits per heavy atom. The van der Waals surface area contributed by atoms with Crippen molar-refractivity contribution in [2.45, 2.75) is 39.8 Å². The number of para-hydroxylation sites is 3. The SMILES string of the molecule is CC[C@H](C)N(Cc1c(C)nn(-c2ccccc2)c1Oc1ccccc1OC)C(=O)c1cccs1. The van der Waals surface area contributed by atoms with Crippen LogP contribution in [0.5, 0.6) is 17.4 Å². The molecule has 0 aliphatic rings. The van der Waals surface area contributed by atoms with Gasteiger partial charge in [-0.05, 0) is 56.0 Å². The van der Waals surface area contributed by atoms with Gasteiger partial charge in [-0.3, -0.25) is 4.79 Å². The van der Waals surface area contributed by atoms with Crippen molar-refractivity contribution in [3.63, 3.8) is 0 Å². The summed E-state index contributed by atoms with van der Waals surface area (Å²) < 4.78 is 13.8. The maximum absolute atomic E-state index is 13.4. The Hall–Kier alpha value is -3.58. The first-order valence-corrected chi connectivity index (χ1v) is 12.2. The monoisotopic (exact) mass is 475 g/mol. The minimum atomic E-state index is 0.0134. The molecule has 0 spiro atoms. The van der Waals surface area contributed by atoms with E-state index < -0.39 is 0 Å². The first kappa shape index (κ1) is 23.6. The lowest BCUT2D eigenvalue weighted by Crippen LogP contribution is -2.37. The van der Waals surface area contributed by atoms with Crippen molar-refractivity contribution in [1.82, 2.24) is 14.7 Å². The van der Waals surface area contributed by atoms with Crippen molar-refractivity contribution >= 4 is 17.2 Å². The average molecular weight is 476 g/mol. The fourth-order valence-corrected chi connectivity index (χ4v) is 4.42. The first-order chi connectivity index (χ1) is 16.5. The van der Waals surface area contributed by atoms with E-state index in [2.05, 4.69) is 13.8 Å². The number of aromatic nitrogens is 2. The molecular formula is C27H29N3O3S. The van der Waals surface area contributed by atoms with E-state index in [1.165, 1.54) is 11.3 Å². The quantitative estimate of drug-likeness (QED) is 0.278. The standard InChI is InChI=1S/C27H29N3O3S/c1-5-19(2)29(26(31)25-16-11-17-34-25)18-22-20(3)28-30(21-12-7-6-8-13-21)27(22)33-24-15-10-9-14-23(24)32-4/h6-17,19H,5,18H2,1-4H3/t19-/m0/s1. The lowest BCUT2D eigenvalue weighted by Gasteiger charge is -2.28. The molecule has 4 rings (SSSR count). The number of aryl methyl sites for hydroxylation is 1. The second-order valence-corrected chi connectivity index (χ2v) is 8.98. The number of thiophene rings is 1. The van der Waals surface area contributed by atoms with Gasteiger partial charge in [0.2, 0.25) is 5.88 Å². The van der Waals surface area contributed by atoms with Crippen LogP contribution in [0.4, 0.5) is 0 Å². The van der Waals surface area contributed by atoms with Crippen LogP contribution in [0.25, 0.3) is 5.69 Å². The molecule has 0 bridgehead atoms. The summed E-state index contributed by atoms with van der Waals surface area (Å²) in [5.41, 5.74) is 2.54. The zero-order chi connectivity index (χ0) is 24.1. The Labute approximate surface area is 204 Å². The van der Waals surface area contributed by atoms with Crippen LogP contribution in [0.1, 0.15) is 41.2 Å². The summed E-state index contributed by atoms with van der Waals surface area (Å²) in [6.45, 7) is 6.50. The Morgan fingerprint density at radius 2 is 1.76 bits per heavy atom. The van der Waals surface area contributed by atoms with Crippen molar-refractivity contribution < 1.29 is 14.3 Å². The molecule has 2 aromatic carbocycles. The molecule has 0 aliphatic heterocycles. The van der Waals surface area contributed by atoms with Gasteiger partial charge in [0.1, 0.15) is 0 Å². The van der Waals surface area contributed by atoms with E-state index in [0.29, 0.717) is 23.9 Å². The second-order valence-electron chi connectivity index (χ2n) is 8.04. The number of amides is 1. The molecule has 7 heteroatoms. The van der Waals surface area contributed by atoms with Crippen molar-refractivity contribution in [3.05, 3.63) is 88.2 Å². The summed E-state index contributed by atoms with van der Waals surface area (Å²) in [7, 11) is 1.62. The van der Waals surface area contributed by atoms with Gasteiger partial charge in [-0.15, -0.1) is 11.3 Å². The predicted molar refractivity (Wildman–Crippen MR) is 135 cm³/mol. The Balaban J connectivity index is 1.81. The molecule has 0 saturated heterocycles. The maximum Gasteiger partial charge on any atom is 0.264 e. The van der Waals surface area contributed by atoms with Gasteiger partial charge in [0.05, 0.1) is 35.5 Å². The van der Waals surface area contributed by atoms with Gasteiger partial charge in [-0.25, -0.2) is 4.68 Å². The Morgan fingerprint density at radius 1 is 1.06 bits per heavy atom. The lowest BCUT2D eigenvalue weighted by atomic mass is 10.1. The minimum absolute atomic E-state index is 0.0134. The summed E-state index contributed by atoms with van der Waals surface area (Å²) in [5, 5.41) is 6.74. The van der Waals surface area contributed by atoms with Crippen molar-refractivity contribution in [2.24, 2.45) is 0 Å². The largest absolute Gasteiger partial charge is 0.493 e. The van der Waals surface area contributed by atoms with Crippen LogP contribution in [0.2, 0.25) is 0 Å². The van der Waals surface area contributed by atoms with Crippen molar-refractivity contribution in [1.29, 1.82) is 0 Å². The summed E-state index contributed by atoms with van der Waals surface area (Å²) in [4.78, 5) is 16.0. The molecule has 0 N–H and O–H groups in total. The molecule has 0 radical (unpaired) electrons. The van der Waals surface area contributed by atoms with Crippen molar-refractivity contribution in [2.75, 3.05) is 7.11 Å². The molecule has 0 saturated carbocycles. The van der Waals surface area contributed by atoms with Gasteiger partial charge in [0.25, 0.3) is 5.91 Å². The van der Waals surface area contributed by atoms with E-state index in [9.17, 15) is 4.79 Å². The van der Waals surface area contributed by atoms with E-state index in [0.717, 1.165) is 28.2 Å². The highest BCUT2D eigenvalue weighted by Gasteiger charge is 2.27. The zero-order valence-electron chi connectivity index (χ0n) is 19.9. The van der Waals surface area contributed by atoms with Gasteiger partial charge in [0, 0.05) is 6.04 Å². The van der Waals surface area contributed by atoms with E-state index in [-0.39, 0.29) is 11.9 Å². The Kier molecular flexibility index (Phi) is 7.33. The predicted octanol–water partition coefficient (Wildman–Crippen LogP) is 6.48. The fraction of sp³-hybridized carbons (Fsp3) is 0.259. The third-order valence-corrected chi connectivity index (χ3v) is 6.72. The summed E-state index contributed by atoms with van der Waals surface area (Å²) in [5.74, 6) is 1.79. The Bertz CT molecular complexity index is 1240. The number of nitrogens with zero attached hydrogens (tertiary/aromatic N) is 3. The molecular weight excluding hydrogens is 446 g/mol. The third kappa shape index (κ3) is 4.84. The number of carbonyl (C=O) groups is 1. The van der Waals surface area contributed by atoms with E-state index in [4.69, 9.17) is 14.6 Å². The number of ether oxygens (including phenoxy) is 2.